The normalized spacial score (nSPS) is 16.7. The van der Waals surface area contributed by atoms with Gasteiger partial charge < -0.3 is 4.98 Å². The summed E-state index contributed by atoms with van der Waals surface area (Å²) in [4.78, 5) is 6.83. The van der Waals surface area contributed by atoms with Crippen LogP contribution in [-0.2, 0) is 0 Å². The van der Waals surface area contributed by atoms with Gasteiger partial charge in [-0.25, -0.2) is 4.98 Å². The maximum Gasteiger partial charge on any atom is 0.210 e. The number of H-pyrrole nitrogens is 1. The van der Waals surface area contributed by atoms with Crippen LogP contribution in [0.1, 0.15) is 30.3 Å². The summed E-state index contributed by atoms with van der Waals surface area (Å²) in [6, 6.07) is 1.96. The summed E-state index contributed by atoms with van der Waals surface area (Å²) in [5.74, 6) is 1.09. The first-order valence-electron chi connectivity index (χ1n) is 3.35. The molecule has 1 saturated carbocycles. The number of nitriles is 1. The lowest BCUT2D eigenvalue weighted by atomic mass is 10.3. The van der Waals surface area contributed by atoms with Gasteiger partial charge in [0.05, 0.1) is 0 Å². The van der Waals surface area contributed by atoms with Crippen molar-refractivity contribution >= 4 is 0 Å². The number of aromatic nitrogens is 2. The second-order valence-electron chi connectivity index (χ2n) is 2.57. The van der Waals surface area contributed by atoms with Gasteiger partial charge in [0.1, 0.15) is 6.07 Å². The average molecular weight is 133 g/mol. The lowest BCUT2D eigenvalue weighted by Crippen LogP contribution is -1.78. The van der Waals surface area contributed by atoms with Gasteiger partial charge in [0.15, 0.2) is 0 Å². The van der Waals surface area contributed by atoms with Gasteiger partial charge in [-0.3, -0.25) is 0 Å². The van der Waals surface area contributed by atoms with Gasteiger partial charge in [-0.15, -0.1) is 0 Å². The Morgan fingerprint density at radius 1 is 1.70 bits per heavy atom. The fourth-order valence-corrected chi connectivity index (χ4v) is 0.994. The molecule has 0 radical (unpaired) electrons. The highest BCUT2D eigenvalue weighted by Crippen LogP contribution is 2.38. The molecule has 50 valence electrons. The number of hydrogen-bond acceptors (Lipinski definition) is 2. The molecule has 0 aromatic carbocycles. The van der Waals surface area contributed by atoms with Crippen molar-refractivity contribution in [1.82, 2.24) is 9.97 Å². The van der Waals surface area contributed by atoms with E-state index in [9.17, 15) is 0 Å². The van der Waals surface area contributed by atoms with E-state index in [1.807, 2.05) is 6.07 Å². The van der Waals surface area contributed by atoms with Crippen LogP contribution < -0.4 is 0 Å². The first kappa shape index (κ1) is 5.48. The summed E-state index contributed by atoms with van der Waals surface area (Å²) in [6.07, 6.45) is 4.25. The minimum absolute atomic E-state index is 0.432. The summed E-state index contributed by atoms with van der Waals surface area (Å²) in [6.45, 7) is 0. The second kappa shape index (κ2) is 1.84. The maximum atomic E-state index is 8.41. The van der Waals surface area contributed by atoms with Gasteiger partial charge in [0.2, 0.25) is 5.82 Å². The van der Waals surface area contributed by atoms with Crippen molar-refractivity contribution < 1.29 is 0 Å². The first-order chi connectivity index (χ1) is 4.90. The van der Waals surface area contributed by atoms with Crippen molar-refractivity contribution in [2.45, 2.75) is 18.8 Å². The molecule has 1 N–H and O–H groups in total. The molecule has 0 saturated heterocycles. The van der Waals surface area contributed by atoms with E-state index in [0.717, 1.165) is 5.69 Å². The van der Waals surface area contributed by atoms with Gasteiger partial charge >= 0.3 is 0 Å². The van der Waals surface area contributed by atoms with E-state index >= 15 is 0 Å². The van der Waals surface area contributed by atoms with E-state index in [-0.39, 0.29) is 0 Å². The molecule has 10 heavy (non-hydrogen) atoms. The fourth-order valence-electron chi connectivity index (χ4n) is 0.994. The molecule has 0 aliphatic heterocycles. The minimum atomic E-state index is 0.432. The zero-order valence-electron chi connectivity index (χ0n) is 5.46. The Morgan fingerprint density at radius 3 is 3.00 bits per heavy atom. The van der Waals surface area contributed by atoms with Gasteiger partial charge in [-0.2, -0.15) is 5.26 Å². The fraction of sp³-hybridized carbons (Fsp3) is 0.429. The van der Waals surface area contributed by atoms with E-state index in [1.165, 1.54) is 12.8 Å². The van der Waals surface area contributed by atoms with E-state index in [2.05, 4.69) is 9.97 Å². The molecule has 1 aliphatic carbocycles. The van der Waals surface area contributed by atoms with Crippen molar-refractivity contribution in [3.8, 4) is 6.07 Å². The molecule has 1 aromatic rings. The maximum absolute atomic E-state index is 8.41. The Hall–Kier alpha value is -1.30. The quantitative estimate of drug-likeness (QED) is 0.624. The first-order valence-corrected chi connectivity index (χ1v) is 3.35. The molecule has 1 fully saturated rings. The third-order valence-corrected chi connectivity index (χ3v) is 1.72. The highest BCUT2D eigenvalue weighted by molar-refractivity contribution is 5.19. The average Bonchev–Trinajstić information content (AvgIpc) is 2.70. The van der Waals surface area contributed by atoms with Gasteiger partial charge in [-0.1, -0.05) is 0 Å². The SMILES string of the molecule is N#Cc1ncc(C2CC2)[nH]1. The number of imidazole rings is 1. The zero-order valence-corrected chi connectivity index (χ0v) is 5.46. The van der Waals surface area contributed by atoms with Gasteiger partial charge in [0.25, 0.3) is 0 Å². The molecule has 1 aromatic heterocycles. The van der Waals surface area contributed by atoms with Crippen molar-refractivity contribution in [2.24, 2.45) is 0 Å². The van der Waals surface area contributed by atoms with E-state index in [1.54, 1.807) is 6.20 Å². The van der Waals surface area contributed by atoms with Crippen LogP contribution in [-0.4, -0.2) is 9.97 Å². The summed E-state index contributed by atoms with van der Waals surface area (Å²) < 4.78 is 0. The predicted molar refractivity (Wildman–Crippen MR) is 35.3 cm³/mol. The molecular weight excluding hydrogens is 126 g/mol. The molecule has 0 amide bonds. The lowest BCUT2D eigenvalue weighted by Gasteiger charge is -1.84. The lowest BCUT2D eigenvalue weighted by molar-refractivity contribution is 1.04. The van der Waals surface area contributed by atoms with Crippen LogP contribution in [0.15, 0.2) is 6.20 Å². The molecule has 0 unspecified atom stereocenters. The smallest absolute Gasteiger partial charge is 0.210 e. The van der Waals surface area contributed by atoms with Crippen LogP contribution in [0.25, 0.3) is 0 Å². The third-order valence-electron chi connectivity index (χ3n) is 1.72. The van der Waals surface area contributed by atoms with Crippen LogP contribution in [0.2, 0.25) is 0 Å². The molecule has 2 rings (SSSR count). The summed E-state index contributed by atoms with van der Waals surface area (Å²) in [5, 5.41) is 8.41. The van der Waals surface area contributed by atoms with E-state index in [4.69, 9.17) is 5.26 Å². The van der Waals surface area contributed by atoms with Crippen molar-refractivity contribution in [3.63, 3.8) is 0 Å². The largest absolute Gasteiger partial charge is 0.333 e. The minimum Gasteiger partial charge on any atom is -0.333 e. The summed E-state index contributed by atoms with van der Waals surface area (Å²) >= 11 is 0. The molecule has 1 aliphatic rings. The van der Waals surface area contributed by atoms with Crippen LogP contribution in [0.3, 0.4) is 0 Å². The summed E-state index contributed by atoms with van der Waals surface area (Å²) in [5.41, 5.74) is 1.12. The Morgan fingerprint density at radius 2 is 2.50 bits per heavy atom. The van der Waals surface area contributed by atoms with Gasteiger partial charge in [-0.05, 0) is 12.8 Å². The van der Waals surface area contributed by atoms with E-state index < -0.39 is 0 Å². The van der Waals surface area contributed by atoms with Gasteiger partial charge in [0, 0.05) is 17.8 Å². The van der Waals surface area contributed by atoms with Crippen molar-refractivity contribution in [3.05, 3.63) is 17.7 Å². The molecule has 1 heterocycles. The van der Waals surface area contributed by atoms with Crippen LogP contribution in [0.4, 0.5) is 0 Å². The van der Waals surface area contributed by atoms with E-state index in [0.29, 0.717) is 11.7 Å². The molecule has 0 atom stereocenters. The predicted octanol–water partition coefficient (Wildman–Crippen LogP) is 1.16. The molecule has 0 bridgehead atoms. The number of rotatable bonds is 1. The standard InChI is InChI=1S/C7H7N3/c8-3-7-9-4-6(10-7)5-1-2-5/h4-5H,1-2H2,(H,9,10). The Kier molecular flexibility index (Phi) is 1.01. The third kappa shape index (κ3) is 0.781. The Bertz CT molecular complexity index is 277. The molecule has 0 spiro atoms. The Labute approximate surface area is 58.7 Å². The highest BCUT2D eigenvalue weighted by atomic mass is 14.9. The molecule has 3 heteroatoms. The van der Waals surface area contributed by atoms with Crippen LogP contribution in [0, 0.1) is 11.3 Å². The number of nitrogens with zero attached hydrogens (tertiary/aromatic N) is 2. The van der Waals surface area contributed by atoms with Crippen LogP contribution in [0.5, 0.6) is 0 Å². The topological polar surface area (TPSA) is 52.5 Å². The highest BCUT2D eigenvalue weighted by Gasteiger charge is 2.25. The monoisotopic (exact) mass is 133 g/mol. The van der Waals surface area contributed by atoms with Crippen molar-refractivity contribution in [2.75, 3.05) is 0 Å². The summed E-state index contributed by atoms with van der Waals surface area (Å²) in [7, 11) is 0. The Balaban J connectivity index is 2.29. The molecule has 3 nitrogen and oxygen atoms in total. The van der Waals surface area contributed by atoms with Crippen LogP contribution >= 0.6 is 0 Å². The zero-order chi connectivity index (χ0) is 6.97. The number of nitrogens with one attached hydrogen (secondary N) is 1. The number of hydrogen-bond donors (Lipinski definition) is 1. The van der Waals surface area contributed by atoms with Crippen molar-refractivity contribution in [1.29, 1.82) is 5.26 Å². The second-order valence-corrected chi connectivity index (χ2v) is 2.57. The number of aromatic amines is 1. The molecular formula is C7H7N3.